The molecule has 4 nitrogen and oxygen atoms in total. The van der Waals surface area contributed by atoms with Crippen molar-refractivity contribution in [3.63, 3.8) is 0 Å². The largest absolute Gasteiger partial charge is 0.310 e. The highest BCUT2D eigenvalue weighted by molar-refractivity contribution is 5.31. The van der Waals surface area contributed by atoms with E-state index in [1.54, 1.807) is 6.33 Å². The number of benzene rings is 1. The van der Waals surface area contributed by atoms with E-state index in [9.17, 15) is 0 Å². The molecule has 1 aromatic heterocycles. The number of para-hydroxylation sites is 1. The highest BCUT2D eigenvalue weighted by Gasteiger charge is 2.20. The molecule has 1 saturated carbocycles. The Balaban J connectivity index is 1.70. The molecule has 1 aromatic carbocycles. The average Bonchev–Trinajstić information content (AvgIpc) is 3.07. The van der Waals surface area contributed by atoms with Crippen molar-refractivity contribution in [1.29, 1.82) is 0 Å². The topological polar surface area (TPSA) is 42.7 Å². The van der Waals surface area contributed by atoms with E-state index in [4.69, 9.17) is 0 Å². The maximum absolute atomic E-state index is 4.16. The fourth-order valence-electron chi connectivity index (χ4n) is 1.89. The van der Waals surface area contributed by atoms with Crippen LogP contribution in [-0.4, -0.2) is 21.3 Å². The molecule has 0 saturated heterocycles. The van der Waals surface area contributed by atoms with Crippen molar-refractivity contribution in [1.82, 2.24) is 20.1 Å². The zero-order chi connectivity index (χ0) is 11.5. The molecule has 1 N–H and O–H groups in total. The summed E-state index contributed by atoms with van der Waals surface area (Å²) >= 11 is 0. The predicted octanol–water partition coefficient (Wildman–Crippen LogP) is 1.77. The Hall–Kier alpha value is -1.68. The third-order valence-corrected chi connectivity index (χ3v) is 3.07. The summed E-state index contributed by atoms with van der Waals surface area (Å²) in [6, 6.07) is 10.2. The van der Waals surface area contributed by atoms with E-state index in [-0.39, 0.29) is 0 Å². The summed E-state index contributed by atoms with van der Waals surface area (Å²) in [6.45, 7) is 1.88. The molecule has 0 unspecified atom stereocenters. The molecular formula is C13H16N4. The zero-order valence-corrected chi connectivity index (χ0v) is 9.71. The second kappa shape index (κ2) is 4.67. The number of hydrogen-bond donors (Lipinski definition) is 1. The minimum absolute atomic E-state index is 0.783. The molecule has 17 heavy (non-hydrogen) atoms. The minimum atomic E-state index is 0.783. The number of aromatic nitrogens is 3. The maximum Gasteiger partial charge on any atom is 0.151 e. The van der Waals surface area contributed by atoms with Gasteiger partial charge in [-0.15, -0.1) is 10.2 Å². The molecule has 88 valence electrons. The highest BCUT2D eigenvalue weighted by Crippen LogP contribution is 2.27. The molecule has 0 amide bonds. The van der Waals surface area contributed by atoms with Crippen LogP contribution in [0, 0.1) is 5.92 Å². The van der Waals surface area contributed by atoms with Gasteiger partial charge in [-0.3, -0.25) is 4.57 Å². The number of rotatable bonds is 5. The second-order valence-corrected chi connectivity index (χ2v) is 4.53. The Morgan fingerprint density at radius 1 is 1.24 bits per heavy atom. The van der Waals surface area contributed by atoms with Gasteiger partial charge in [-0.2, -0.15) is 0 Å². The smallest absolute Gasteiger partial charge is 0.151 e. The van der Waals surface area contributed by atoms with Crippen molar-refractivity contribution in [3.05, 3.63) is 42.5 Å². The third kappa shape index (κ3) is 2.53. The van der Waals surface area contributed by atoms with Gasteiger partial charge in [0, 0.05) is 5.69 Å². The van der Waals surface area contributed by atoms with E-state index < -0.39 is 0 Å². The minimum Gasteiger partial charge on any atom is -0.310 e. The molecule has 4 heteroatoms. The van der Waals surface area contributed by atoms with Gasteiger partial charge in [-0.1, -0.05) is 18.2 Å². The molecule has 0 aliphatic heterocycles. The van der Waals surface area contributed by atoms with Gasteiger partial charge in [0.05, 0.1) is 6.54 Å². The van der Waals surface area contributed by atoms with Gasteiger partial charge in [0.1, 0.15) is 6.33 Å². The standard InChI is InChI=1S/C13H16N4/c1-2-4-12(5-3-1)17-10-15-16-13(17)9-14-8-11-6-7-11/h1-5,10-11,14H,6-9H2. The molecule has 0 spiro atoms. The molecule has 1 fully saturated rings. The average molecular weight is 228 g/mol. The van der Waals surface area contributed by atoms with Crippen LogP contribution in [0.3, 0.4) is 0 Å². The number of nitrogens with one attached hydrogen (secondary N) is 1. The van der Waals surface area contributed by atoms with E-state index in [2.05, 4.69) is 27.6 Å². The summed E-state index contributed by atoms with van der Waals surface area (Å²) in [5.74, 6) is 1.86. The van der Waals surface area contributed by atoms with E-state index in [0.717, 1.165) is 30.5 Å². The summed E-state index contributed by atoms with van der Waals surface area (Å²) in [5.41, 5.74) is 1.11. The Bertz CT molecular complexity index is 473. The van der Waals surface area contributed by atoms with Gasteiger partial charge < -0.3 is 5.32 Å². The van der Waals surface area contributed by atoms with Gasteiger partial charge in [0.25, 0.3) is 0 Å². The van der Waals surface area contributed by atoms with E-state index in [0.29, 0.717) is 0 Å². The van der Waals surface area contributed by atoms with E-state index >= 15 is 0 Å². The fraction of sp³-hybridized carbons (Fsp3) is 0.385. The Labute approximate surface area is 101 Å². The fourth-order valence-corrected chi connectivity index (χ4v) is 1.89. The quantitative estimate of drug-likeness (QED) is 0.848. The maximum atomic E-state index is 4.16. The number of hydrogen-bond acceptors (Lipinski definition) is 3. The SMILES string of the molecule is c1ccc(-n2cnnc2CNCC2CC2)cc1. The van der Waals surface area contributed by atoms with Crippen molar-refractivity contribution in [2.75, 3.05) is 6.54 Å². The normalized spacial score (nSPS) is 15.1. The summed E-state index contributed by atoms with van der Waals surface area (Å²) < 4.78 is 2.03. The van der Waals surface area contributed by atoms with Crippen LogP contribution in [0.15, 0.2) is 36.7 Å². The van der Waals surface area contributed by atoms with Gasteiger partial charge in [0.15, 0.2) is 5.82 Å². The van der Waals surface area contributed by atoms with Crippen molar-refractivity contribution in [2.45, 2.75) is 19.4 Å². The predicted molar refractivity (Wildman–Crippen MR) is 65.8 cm³/mol. The first kappa shape index (κ1) is 10.5. The highest BCUT2D eigenvalue weighted by atomic mass is 15.3. The van der Waals surface area contributed by atoms with Crippen molar-refractivity contribution in [3.8, 4) is 5.69 Å². The first-order valence-electron chi connectivity index (χ1n) is 6.08. The summed E-state index contributed by atoms with van der Waals surface area (Å²) in [7, 11) is 0. The summed E-state index contributed by atoms with van der Waals surface area (Å²) in [4.78, 5) is 0. The van der Waals surface area contributed by atoms with Crippen LogP contribution in [0.1, 0.15) is 18.7 Å². The lowest BCUT2D eigenvalue weighted by Crippen LogP contribution is -2.18. The molecule has 2 aromatic rings. The molecule has 0 bridgehead atoms. The summed E-state index contributed by atoms with van der Waals surface area (Å²) in [5, 5.41) is 11.6. The monoisotopic (exact) mass is 228 g/mol. The molecule has 1 aliphatic carbocycles. The Morgan fingerprint density at radius 2 is 2.06 bits per heavy atom. The van der Waals surface area contributed by atoms with Crippen LogP contribution in [0.2, 0.25) is 0 Å². The number of nitrogens with zero attached hydrogens (tertiary/aromatic N) is 3. The Kier molecular flexibility index (Phi) is 2.88. The second-order valence-electron chi connectivity index (χ2n) is 4.53. The molecule has 1 heterocycles. The zero-order valence-electron chi connectivity index (χ0n) is 9.71. The van der Waals surface area contributed by atoms with E-state index in [1.807, 2.05) is 22.8 Å². The third-order valence-electron chi connectivity index (χ3n) is 3.07. The van der Waals surface area contributed by atoms with Gasteiger partial charge in [-0.25, -0.2) is 0 Å². The first-order chi connectivity index (χ1) is 8.43. The van der Waals surface area contributed by atoms with Crippen molar-refractivity contribution < 1.29 is 0 Å². The van der Waals surface area contributed by atoms with Crippen LogP contribution in [0.25, 0.3) is 5.69 Å². The van der Waals surface area contributed by atoms with Crippen molar-refractivity contribution in [2.24, 2.45) is 5.92 Å². The molecular weight excluding hydrogens is 212 g/mol. The van der Waals surface area contributed by atoms with Crippen LogP contribution >= 0.6 is 0 Å². The van der Waals surface area contributed by atoms with Crippen LogP contribution in [0.5, 0.6) is 0 Å². The lowest BCUT2D eigenvalue weighted by molar-refractivity contribution is 0.612. The molecule has 0 atom stereocenters. The van der Waals surface area contributed by atoms with E-state index in [1.165, 1.54) is 12.8 Å². The lowest BCUT2D eigenvalue weighted by Gasteiger charge is -2.07. The Morgan fingerprint density at radius 3 is 2.82 bits per heavy atom. The summed E-state index contributed by atoms with van der Waals surface area (Å²) in [6.07, 6.45) is 4.51. The first-order valence-corrected chi connectivity index (χ1v) is 6.08. The molecule has 3 rings (SSSR count). The van der Waals surface area contributed by atoms with Gasteiger partial charge >= 0.3 is 0 Å². The van der Waals surface area contributed by atoms with Crippen LogP contribution in [-0.2, 0) is 6.54 Å². The molecule has 1 aliphatic rings. The van der Waals surface area contributed by atoms with Crippen LogP contribution in [0.4, 0.5) is 0 Å². The van der Waals surface area contributed by atoms with Gasteiger partial charge in [-0.05, 0) is 37.4 Å². The lowest BCUT2D eigenvalue weighted by atomic mass is 10.3. The van der Waals surface area contributed by atoms with Crippen LogP contribution < -0.4 is 5.32 Å². The van der Waals surface area contributed by atoms with Crippen molar-refractivity contribution >= 4 is 0 Å². The molecule has 0 radical (unpaired) electrons. The van der Waals surface area contributed by atoms with Gasteiger partial charge in [0.2, 0.25) is 0 Å².